The molecule has 1 aromatic heterocycles. The Bertz CT molecular complexity index is 685. The zero-order valence-electron chi connectivity index (χ0n) is 13.4. The van der Waals surface area contributed by atoms with Crippen molar-refractivity contribution in [1.82, 2.24) is 4.98 Å². The van der Waals surface area contributed by atoms with Gasteiger partial charge in [-0.25, -0.2) is 9.78 Å². The molecule has 1 aliphatic rings. The summed E-state index contributed by atoms with van der Waals surface area (Å²) >= 11 is 0. The molecule has 6 nitrogen and oxygen atoms in total. The fraction of sp³-hybridized carbons (Fsp3) is 0.333. The first-order chi connectivity index (χ1) is 11.8. The number of aromatic nitrogens is 1. The highest BCUT2D eigenvalue weighted by Gasteiger charge is 2.16. The van der Waals surface area contributed by atoms with Gasteiger partial charge in [0.1, 0.15) is 12.0 Å². The van der Waals surface area contributed by atoms with Crippen LogP contribution in [-0.4, -0.2) is 31.0 Å². The molecule has 0 bridgehead atoms. The van der Waals surface area contributed by atoms with Crippen molar-refractivity contribution in [3.63, 3.8) is 0 Å². The van der Waals surface area contributed by atoms with Gasteiger partial charge in [0.25, 0.3) is 0 Å². The van der Waals surface area contributed by atoms with E-state index in [0.717, 1.165) is 37.2 Å². The van der Waals surface area contributed by atoms with Gasteiger partial charge in [-0.05, 0) is 30.5 Å². The smallest absolute Gasteiger partial charge is 0.331 e. The lowest BCUT2D eigenvalue weighted by molar-refractivity contribution is -0.134. The van der Waals surface area contributed by atoms with Gasteiger partial charge >= 0.3 is 5.97 Å². The van der Waals surface area contributed by atoms with Crippen LogP contribution < -0.4 is 4.74 Å². The Labute approximate surface area is 140 Å². The Morgan fingerprint density at radius 3 is 2.75 bits per heavy atom. The van der Waals surface area contributed by atoms with Crippen LogP contribution in [0.1, 0.15) is 30.7 Å². The summed E-state index contributed by atoms with van der Waals surface area (Å²) in [6.07, 6.45) is 7.23. The molecular weight excluding hydrogens is 310 g/mol. The van der Waals surface area contributed by atoms with E-state index in [4.69, 9.17) is 18.6 Å². The fourth-order valence-electron chi connectivity index (χ4n) is 2.47. The minimum absolute atomic E-state index is 0.193. The van der Waals surface area contributed by atoms with Crippen molar-refractivity contribution >= 4 is 11.5 Å². The first kappa shape index (κ1) is 16.3. The van der Waals surface area contributed by atoms with Crippen LogP contribution in [0.25, 0.3) is 5.57 Å². The van der Waals surface area contributed by atoms with E-state index in [1.54, 1.807) is 0 Å². The Morgan fingerprint density at radius 1 is 1.29 bits per heavy atom. The van der Waals surface area contributed by atoms with E-state index in [-0.39, 0.29) is 6.29 Å². The Kier molecular flexibility index (Phi) is 5.28. The second-order valence-electron chi connectivity index (χ2n) is 5.36. The highest BCUT2D eigenvalue weighted by Crippen LogP contribution is 2.26. The van der Waals surface area contributed by atoms with Gasteiger partial charge in [0, 0.05) is 12.5 Å². The van der Waals surface area contributed by atoms with Gasteiger partial charge in [0.2, 0.25) is 5.89 Å². The van der Waals surface area contributed by atoms with E-state index in [9.17, 15) is 4.79 Å². The number of esters is 1. The highest BCUT2D eigenvalue weighted by molar-refractivity contribution is 5.94. The quantitative estimate of drug-likeness (QED) is 0.620. The van der Waals surface area contributed by atoms with Crippen LogP contribution in [0.4, 0.5) is 0 Å². The summed E-state index contributed by atoms with van der Waals surface area (Å²) in [6.45, 7) is 0.735. The molecule has 0 aliphatic carbocycles. The van der Waals surface area contributed by atoms with Crippen LogP contribution in [0.15, 0.2) is 47.2 Å². The maximum Gasteiger partial charge on any atom is 0.331 e. The summed E-state index contributed by atoms with van der Waals surface area (Å²) in [4.78, 5) is 15.7. The number of rotatable bonds is 5. The zero-order chi connectivity index (χ0) is 16.8. The standard InChI is InChI=1S/C18H19NO5/c1-21-16(20)12-15(18-19-9-11-23-18)13-5-7-14(8-6-13)24-17-4-2-3-10-22-17/h5-9,11-12,17H,2-4,10H2,1H3/b15-12+. The molecule has 0 spiro atoms. The van der Waals surface area contributed by atoms with Crippen molar-refractivity contribution in [2.24, 2.45) is 0 Å². The predicted molar refractivity (Wildman–Crippen MR) is 86.3 cm³/mol. The lowest BCUT2D eigenvalue weighted by Gasteiger charge is -2.23. The molecular formula is C18H19NO5. The summed E-state index contributed by atoms with van der Waals surface area (Å²) in [5, 5.41) is 0. The maximum absolute atomic E-state index is 11.6. The topological polar surface area (TPSA) is 70.8 Å². The number of carbonyl (C=O) groups excluding carboxylic acids is 1. The van der Waals surface area contributed by atoms with Crippen LogP contribution in [0.2, 0.25) is 0 Å². The number of nitrogens with zero attached hydrogens (tertiary/aromatic N) is 1. The van der Waals surface area contributed by atoms with Crippen LogP contribution in [0.3, 0.4) is 0 Å². The van der Waals surface area contributed by atoms with E-state index in [0.29, 0.717) is 11.5 Å². The molecule has 3 rings (SSSR count). The molecule has 0 amide bonds. The SMILES string of the molecule is COC(=O)/C=C(\c1ccc(OC2CCCCO2)cc1)c1ncco1. The molecule has 1 atom stereocenters. The molecule has 6 heteroatoms. The molecule has 0 radical (unpaired) electrons. The number of ether oxygens (including phenoxy) is 3. The summed E-state index contributed by atoms with van der Waals surface area (Å²) in [7, 11) is 1.33. The monoisotopic (exact) mass is 329 g/mol. The molecule has 126 valence electrons. The second-order valence-corrected chi connectivity index (χ2v) is 5.36. The van der Waals surface area contributed by atoms with E-state index in [2.05, 4.69) is 4.98 Å². The van der Waals surface area contributed by atoms with E-state index < -0.39 is 5.97 Å². The first-order valence-electron chi connectivity index (χ1n) is 7.84. The van der Waals surface area contributed by atoms with Crippen LogP contribution in [0.5, 0.6) is 5.75 Å². The minimum atomic E-state index is -0.473. The van der Waals surface area contributed by atoms with Crippen molar-refractivity contribution < 1.29 is 23.4 Å². The normalized spacial score (nSPS) is 18.2. The predicted octanol–water partition coefficient (Wildman–Crippen LogP) is 3.18. The lowest BCUT2D eigenvalue weighted by Crippen LogP contribution is -2.24. The number of oxazole rings is 1. The fourth-order valence-corrected chi connectivity index (χ4v) is 2.47. The molecule has 24 heavy (non-hydrogen) atoms. The summed E-state index contributed by atoms with van der Waals surface area (Å²) in [6, 6.07) is 7.36. The average molecular weight is 329 g/mol. The van der Waals surface area contributed by atoms with E-state index in [1.807, 2.05) is 24.3 Å². The van der Waals surface area contributed by atoms with Gasteiger partial charge in [0.05, 0.1) is 25.5 Å². The van der Waals surface area contributed by atoms with Crippen molar-refractivity contribution in [3.05, 3.63) is 54.3 Å². The van der Waals surface area contributed by atoms with E-state index in [1.165, 1.54) is 25.6 Å². The third-order valence-corrected chi connectivity index (χ3v) is 3.70. The highest BCUT2D eigenvalue weighted by atomic mass is 16.7. The maximum atomic E-state index is 11.6. The third-order valence-electron chi connectivity index (χ3n) is 3.70. The zero-order valence-corrected chi connectivity index (χ0v) is 13.4. The number of methoxy groups -OCH3 is 1. The molecule has 1 aliphatic heterocycles. The van der Waals surface area contributed by atoms with Gasteiger partial charge in [0.15, 0.2) is 6.29 Å². The average Bonchev–Trinajstić information content (AvgIpc) is 3.15. The number of hydrogen-bond acceptors (Lipinski definition) is 6. The van der Waals surface area contributed by atoms with Crippen LogP contribution >= 0.6 is 0 Å². The van der Waals surface area contributed by atoms with Crippen LogP contribution in [0, 0.1) is 0 Å². The minimum Gasteiger partial charge on any atom is -0.466 e. The largest absolute Gasteiger partial charge is 0.466 e. The van der Waals surface area contributed by atoms with Gasteiger partial charge in [-0.2, -0.15) is 0 Å². The van der Waals surface area contributed by atoms with Crippen molar-refractivity contribution in [2.45, 2.75) is 25.6 Å². The third kappa shape index (κ3) is 4.02. The molecule has 1 fully saturated rings. The second kappa shape index (κ2) is 7.79. The number of benzene rings is 1. The van der Waals surface area contributed by atoms with E-state index >= 15 is 0 Å². The summed E-state index contributed by atoms with van der Waals surface area (Å²) in [5.41, 5.74) is 1.33. The molecule has 0 N–H and O–H groups in total. The Balaban J connectivity index is 1.78. The van der Waals surface area contributed by atoms with Gasteiger partial charge in [-0.3, -0.25) is 0 Å². The number of carbonyl (C=O) groups is 1. The first-order valence-corrected chi connectivity index (χ1v) is 7.84. The molecule has 0 saturated carbocycles. The summed E-state index contributed by atoms with van der Waals surface area (Å²) < 4.78 is 21.4. The molecule has 2 heterocycles. The Morgan fingerprint density at radius 2 is 2.12 bits per heavy atom. The molecule has 1 unspecified atom stereocenters. The summed E-state index contributed by atoms with van der Waals surface area (Å²) in [5.74, 6) is 0.597. The number of hydrogen-bond donors (Lipinski definition) is 0. The van der Waals surface area contributed by atoms with Crippen molar-refractivity contribution in [1.29, 1.82) is 0 Å². The van der Waals surface area contributed by atoms with Crippen molar-refractivity contribution in [2.75, 3.05) is 13.7 Å². The van der Waals surface area contributed by atoms with Crippen LogP contribution in [-0.2, 0) is 14.3 Å². The molecule has 1 saturated heterocycles. The van der Waals surface area contributed by atoms with Gasteiger partial charge < -0.3 is 18.6 Å². The van der Waals surface area contributed by atoms with Gasteiger partial charge in [-0.1, -0.05) is 12.1 Å². The van der Waals surface area contributed by atoms with Gasteiger partial charge in [-0.15, -0.1) is 0 Å². The lowest BCUT2D eigenvalue weighted by atomic mass is 10.1. The Hall–Kier alpha value is -2.60. The molecule has 2 aromatic rings. The van der Waals surface area contributed by atoms with Crippen molar-refractivity contribution in [3.8, 4) is 5.75 Å². The molecule has 1 aromatic carbocycles.